The Morgan fingerprint density at radius 2 is 1.13 bits per heavy atom. The minimum atomic E-state index is 1.01. The highest BCUT2D eigenvalue weighted by atomic mass is 15.0. The van der Waals surface area contributed by atoms with Crippen molar-refractivity contribution in [3.8, 4) is 16.8 Å². The summed E-state index contributed by atoms with van der Waals surface area (Å²) in [5.41, 5.74) is 12.4. The van der Waals surface area contributed by atoms with Crippen LogP contribution in [0.25, 0.3) is 70.9 Å². The summed E-state index contributed by atoms with van der Waals surface area (Å²) in [5, 5.41) is 11.5. The summed E-state index contributed by atoms with van der Waals surface area (Å²) in [6.07, 6.45) is 2.03. The average Bonchev–Trinajstić information content (AvgIpc) is 3.66. The van der Waals surface area contributed by atoms with Crippen LogP contribution >= 0.6 is 0 Å². The van der Waals surface area contributed by atoms with E-state index < -0.39 is 0 Å². The second-order valence-electron chi connectivity index (χ2n) is 11.3. The number of rotatable bonds is 2. The summed E-state index contributed by atoms with van der Waals surface area (Å²) >= 11 is 0. The Balaban J connectivity index is 1.30. The molecule has 0 spiro atoms. The third-order valence-corrected chi connectivity index (χ3v) is 9.35. The van der Waals surface area contributed by atoms with E-state index in [4.69, 9.17) is 0 Å². The van der Waals surface area contributed by atoms with E-state index in [0.717, 1.165) is 12.8 Å². The first-order valence-corrected chi connectivity index (χ1v) is 13.9. The maximum absolute atomic E-state index is 2.52. The first-order chi connectivity index (χ1) is 19.3. The van der Waals surface area contributed by atoms with E-state index in [1.807, 2.05) is 0 Å². The van der Waals surface area contributed by atoms with Crippen molar-refractivity contribution in [2.75, 3.05) is 0 Å². The van der Waals surface area contributed by atoms with E-state index in [9.17, 15) is 0 Å². The van der Waals surface area contributed by atoms with Crippen LogP contribution in [0.5, 0.6) is 0 Å². The van der Waals surface area contributed by atoms with Crippen molar-refractivity contribution in [1.82, 2.24) is 4.57 Å². The highest BCUT2D eigenvalue weighted by Gasteiger charge is 2.29. The van der Waals surface area contributed by atoms with E-state index in [-0.39, 0.29) is 0 Å². The van der Waals surface area contributed by atoms with Crippen LogP contribution in [0.2, 0.25) is 0 Å². The molecule has 0 saturated carbocycles. The van der Waals surface area contributed by atoms with Gasteiger partial charge in [-0.15, -0.1) is 0 Å². The van der Waals surface area contributed by atoms with Crippen molar-refractivity contribution in [3.63, 3.8) is 0 Å². The summed E-state index contributed by atoms with van der Waals surface area (Å²) in [5.74, 6) is 0. The Labute approximate surface area is 225 Å². The smallest absolute Gasteiger partial charge is 0.0541 e. The highest BCUT2D eigenvalue weighted by molar-refractivity contribution is 6.31. The van der Waals surface area contributed by atoms with Gasteiger partial charge in [0.25, 0.3) is 0 Å². The first kappa shape index (κ1) is 20.1. The molecule has 0 radical (unpaired) electrons. The van der Waals surface area contributed by atoms with Gasteiger partial charge in [0.15, 0.2) is 0 Å². The Hall–Kier alpha value is -4.88. The number of nitrogens with zero attached hydrogens (tertiary/aromatic N) is 1. The van der Waals surface area contributed by atoms with Gasteiger partial charge in [-0.3, -0.25) is 0 Å². The van der Waals surface area contributed by atoms with Gasteiger partial charge in [0.05, 0.1) is 11.0 Å². The largest absolute Gasteiger partial charge is 0.309 e. The average molecular weight is 494 g/mol. The molecule has 0 bridgehead atoms. The molecule has 39 heavy (non-hydrogen) atoms. The fraction of sp³-hybridized carbons (Fsp3) is 0.0526. The molecule has 1 heterocycles. The van der Waals surface area contributed by atoms with Gasteiger partial charge in [-0.1, -0.05) is 78.9 Å². The van der Waals surface area contributed by atoms with Crippen LogP contribution in [0.4, 0.5) is 0 Å². The number of aromatic nitrogens is 1. The van der Waals surface area contributed by atoms with Gasteiger partial charge < -0.3 is 4.57 Å². The fourth-order valence-electron chi connectivity index (χ4n) is 7.85. The lowest BCUT2D eigenvalue weighted by molar-refractivity contribution is 1.18. The predicted molar refractivity (Wildman–Crippen MR) is 164 cm³/mol. The van der Waals surface area contributed by atoms with Gasteiger partial charge >= 0.3 is 0 Å². The summed E-state index contributed by atoms with van der Waals surface area (Å²) in [6.45, 7) is 0. The maximum atomic E-state index is 2.52. The molecule has 10 rings (SSSR count). The summed E-state index contributed by atoms with van der Waals surface area (Å²) in [4.78, 5) is 0. The molecule has 180 valence electrons. The molecule has 2 aliphatic rings. The number of benzene rings is 7. The van der Waals surface area contributed by atoms with Gasteiger partial charge in [0.2, 0.25) is 0 Å². The van der Waals surface area contributed by atoms with Crippen LogP contribution in [0.3, 0.4) is 0 Å². The lowest BCUT2D eigenvalue weighted by Crippen LogP contribution is -1.94. The topological polar surface area (TPSA) is 4.93 Å². The monoisotopic (exact) mass is 493 g/mol. The standard InChI is InChI=1S/C38H23N/c1-2-10-26(11-3-1)39-33-15-5-4-12-27(33)31-19-22(16-17-34(31)39)30-21-25-18-23-8-6-13-28-29-14-7-9-24-20-32(30)38(36(24)29)37(25)35(23)28/h1-17,19,21H,18,20H2. The molecule has 0 N–H and O–H groups in total. The van der Waals surface area contributed by atoms with E-state index in [2.05, 4.69) is 120 Å². The molecule has 2 aliphatic carbocycles. The van der Waals surface area contributed by atoms with Crippen molar-refractivity contribution >= 4 is 54.1 Å². The molecule has 0 atom stereocenters. The van der Waals surface area contributed by atoms with Crippen LogP contribution in [0, 0.1) is 0 Å². The predicted octanol–water partition coefficient (Wildman–Crippen LogP) is 9.72. The first-order valence-electron chi connectivity index (χ1n) is 13.9. The summed E-state index contributed by atoms with van der Waals surface area (Å²) in [7, 11) is 0. The number of para-hydroxylation sites is 2. The van der Waals surface area contributed by atoms with Gasteiger partial charge in [-0.2, -0.15) is 0 Å². The van der Waals surface area contributed by atoms with E-state index >= 15 is 0 Å². The molecule has 1 heteroatoms. The van der Waals surface area contributed by atoms with Crippen LogP contribution in [-0.4, -0.2) is 4.57 Å². The molecule has 8 aromatic rings. The molecule has 0 unspecified atom stereocenters. The van der Waals surface area contributed by atoms with E-state index in [1.165, 1.54) is 93.2 Å². The number of hydrogen-bond acceptors (Lipinski definition) is 0. The quantitative estimate of drug-likeness (QED) is 0.211. The third-order valence-electron chi connectivity index (χ3n) is 9.35. The van der Waals surface area contributed by atoms with Crippen molar-refractivity contribution in [1.29, 1.82) is 0 Å². The maximum Gasteiger partial charge on any atom is 0.0541 e. The molecule has 0 amide bonds. The fourth-order valence-corrected chi connectivity index (χ4v) is 7.85. The molecular weight excluding hydrogens is 470 g/mol. The van der Waals surface area contributed by atoms with Gasteiger partial charge in [-0.25, -0.2) is 0 Å². The molecule has 1 aromatic heterocycles. The molecule has 0 fully saturated rings. The van der Waals surface area contributed by atoms with Crippen LogP contribution in [0.1, 0.15) is 22.3 Å². The minimum absolute atomic E-state index is 1.01. The second-order valence-corrected chi connectivity index (χ2v) is 11.3. The van der Waals surface area contributed by atoms with Crippen molar-refractivity contribution in [3.05, 3.63) is 138 Å². The Morgan fingerprint density at radius 1 is 0.436 bits per heavy atom. The Kier molecular flexibility index (Phi) is 3.59. The minimum Gasteiger partial charge on any atom is -0.309 e. The SMILES string of the molecule is c1ccc(-n2c3ccccc3c3cc(-c4cc5c6c7c(cccc7c7cccc8c7c6c4C8)C5)ccc32)cc1. The zero-order valence-corrected chi connectivity index (χ0v) is 21.3. The van der Waals surface area contributed by atoms with Crippen molar-refractivity contribution in [2.45, 2.75) is 12.8 Å². The third kappa shape index (κ3) is 2.42. The molecular formula is C38H23N. The zero-order valence-electron chi connectivity index (χ0n) is 21.3. The lowest BCUT2D eigenvalue weighted by Gasteiger charge is -2.14. The van der Waals surface area contributed by atoms with Crippen LogP contribution in [0.15, 0.2) is 115 Å². The molecule has 1 nitrogen and oxygen atoms in total. The highest BCUT2D eigenvalue weighted by Crippen LogP contribution is 2.51. The van der Waals surface area contributed by atoms with Gasteiger partial charge in [0.1, 0.15) is 0 Å². The van der Waals surface area contributed by atoms with Crippen LogP contribution < -0.4 is 0 Å². The Morgan fingerprint density at radius 3 is 1.97 bits per heavy atom. The second kappa shape index (κ2) is 6.95. The van der Waals surface area contributed by atoms with Crippen molar-refractivity contribution in [2.24, 2.45) is 0 Å². The van der Waals surface area contributed by atoms with E-state index in [0.29, 0.717) is 0 Å². The van der Waals surface area contributed by atoms with Crippen LogP contribution in [-0.2, 0) is 12.8 Å². The molecule has 0 saturated heterocycles. The Bertz CT molecular complexity index is 2370. The van der Waals surface area contributed by atoms with Crippen molar-refractivity contribution < 1.29 is 0 Å². The zero-order chi connectivity index (χ0) is 25.2. The van der Waals surface area contributed by atoms with E-state index in [1.54, 1.807) is 0 Å². The molecule has 0 aliphatic heterocycles. The number of fused-ring (bicyclic) bond motifs is 4. The summed E-state index contributed by atoms with van der Waals surface area (Å²) < 4.78 is 2.40. The normalized spacial score (nSPS) is 13.4. The number of hydrogen-bond donors (Lipinski definition) is 0. The van der Waals surface area contributed by atoms with Gasteiger partial charge in [-0.05, 0) is 115 Å². The molecule has 7 aromatic carbocycles. The van der Waals surface area contributed by atoms with Gasteiger partial charge in [0, 0.05) is 16.5 Å². The lowest BCUT2D eigenvalue weighted by atomic mass is 9.90. The summed E-state index contributed by atoms with van der Waals surface area (Å²) in [6, 6.07) is 43.1.